The fraction of sp³-hybridized carbons (Fsp3) is 0.133. The molecule has 2 N–H and O–H groups in total. The fourth-order valence-corrected chi connectivity index (χ4v) is 3.24. The molecule has 0 saturated carbocycles. The van der Waals surface area contributed by atoms with Crippen LogP contribution in [0.1, 0.15) is 10.6 Å². The Morgan fingerprint density at radius 2 is 2.05 bits per heavy atom. The van der Waals surface area contributed by atoms with E-state index in [1.54, 1.807) is 6.20 Å². The van der Waals surface area contributed by atoms with Crippen molar-refractivity contribution in [2.45, 2.75) is 13.3 Å². The predicted octanol–water partition coefficient (Wildman–Crippen LogP) is 3.83. The van der Waals surface area contributed by atoms with E-state index < -0.39 is 0 Å². The quantitative estimate of drug-likeness (QED) is 0.746. The minimum atomic E-state index is -0.106. The average molecular weight is 330 g/mol. The van der Waals surface area contributed by atoms with Gasteiger partial charge in [-0.3, -0.25) is 4.79 Å². The van der Waals surface area contributed by atoms with Gasteiger partial charge in [-0.1, -0.05) is 18.2 Å². The number of para-hydroxylation sites is 1. The Morgan fingerprint density at radius 1 is 1.23 bits per heavy atom. The molecule has 2 aromatic heterocycles. The highest BCUT2D eigenvalue weighted by molar-refractivity contribution is 7.15. The zero-order valence-electron chi connectivity index (χ0n) is 11.9. The van der Waals surface area contributed by atoms with Crippen LogP contribution in [0.5, 0.6) is 0 Å². The number of nitrogens with zero attached hydrogens (tertiary/aromatic N) is 2. The van der Waals surface area contributed by atoms with Crippen LogP contribution in [0.2, 0.25) is 0 Å². The van der Waals surface area contributed by atoms with Crippen molar-refractivity contribution in [2.75, 3.05) is 10.6 Å². The molecule has 0 aliphatic heterocycles. The van der Waals surface area contributed by atoms with Crippen LogP contribution in [0.25, 0.3) is 0 Å². The largest absolute Gasteiger partial charge is 0.332 e. The highest BCUT2D eigenvalue weighted by Crippen LogP contribution is 2.21. The van der Waals surface area contributed by atoms with Gasteiger partial charge in [-0.15, -0.1) is 22.7 Å². The molecule has 0 aliphatic rings. The monoisotopic (exact) mass is 330 g/mol. The molecule has 22 heavy (non-hydrogen) atoms. The highest BCUT2D eigenvalue weighted by Gasteiger charge is 2.10. The first-order chi connectivity index (χ1) is 10.7. The Kier molecular flexibility index (Phi) is 4.45. The van der Waals surface area contributed by atoms with Gasteiger partial charge < -0.3 is 10.6 Å². The second kappa shape index (κ2) is 6.67. The number of hydrogen-bond acceptors (Lipinski definition) is 6. The van der Waals surface area contributed by atoms with E-state index in [1.807, 2.05) is 42.6 Å². The number of thiazole rings is 2. The second-order valence-electron chi connectivity index (χ2n) is 4.64. The molecule has 3 aromatic rings. The van der Waals surface area contributed by atoms with Crippen molar-refractivity contribution >= 4 is 44.5 Å². The second-order valence-corrected chi connectivity index (χ2v) is 6.73. The van der Waals surface area contributed by atoms with Gasteiger partial charge in [-0.25, -0.2) is 9.97 Å². The van der Waals surface area contributed by atoms with Crippen molar-refractivity contribution in [1.82, 2.24) is 9.97 Å². The Morgan fingerprint density at radius 3 is 2.77 bits per heavy atom. The zero-order valence-corrected chi connectivity index (χ0v) is 13.5. The maximum Gasteiger partial charge on any atom is 0.232 e. The summed E-state index contributed by atoms with van der Waals surface area (Å²) < 4.78 is 0. The first-order valence-electron chi connectivity index (χ1n) is 6.68. The standard InChI is InChI=1S/C15H14N4OS2/c1-10-8-16-14(22-10)19-13(20)7-12-9-21-15(18-12)17-11-5-3-2-4-6-11/h2-6,8-9H,7H2,1H3,(H,17,18)(H,16,19,20). The summed E-state index contributed by atoms with van der Waals surface area (Å²) >= 11 is 2.94. The number of hydrogen-bond donors (Lipinski definition) is 2. The summed E-state index contributed by atoms with van der Waals surface area (Å²) in [5.41, 5.74) is 1.72. The Balaban J connectivity index is 1.58. The molecule has 0 atom stereocenters. The van der Waals surface area contributed by atoms with Crippen molar-refractivity contribution in [2.24, 2.45) is 0 Å². The number of carbonyl (C=O) groups excluding carboxylic acids is 1. The fourth-order valence-electron chi connectivity index (χ4n) is 1.83. The number of benzene rings is 1. The van der Waals surface area contributed by atoms with Crippen LogP contribution in [-0.2, 0) is 11.2 Å². The van der Waals surface area contributed by atoms with E-state index in [1.165, 1.54) is 22.7 Å². The number of carbonyl (C=O) groups is 1. The Labute approximate surface area is 136 Å². The van der Waals surface area contributed by atoms with Crippen LogP contribution in [0.15, 0.2) is 41.9 Å². The normalized spacial score (nSPS) is 10.4. The molecule has 0 fully saturated rings. The SMILES string of the molecule is Cc1cnc(NC(=O)Cc2csc(Nc3ccccc3)n2)s1. The maximum atomic E-state index is 12.0. The third-order valence-electron chi connectivity index (χ3n) is 2.79. The molecule has 0 aliphatic carbocycles. The molecular formula is C15H14N4OS2. The number of anilines is 3. The van der Waals surface area contributed by atoms with Crippen LogP contribution in [0.3, 0.4) is 0 Å². The smallest absolute Gasteiger partial charge is 0.232 e. The van der Waals surface area contributed by atoms with Gasteiger partial charge in [0.2, 0.25) is 5.91 Å². The molecule has 0 radical (unpaired) electrons. The Hall–Kier alpha value is -2.25. The summed E-state index contributed by atoms with van der Waals surface area (Å²) in [6, 6.07) is 9.82. The molecule has 5 nitrogen and oxygen atoms in total. The minimum absolute atomic E-state index is 0.106. The number of amides is 1. The Bertz CT molecular complexity index is 767. The van der Waals surface area contributed by atoms with E-state index in [0.29, 0.717) is 5.13 Å². The summed E-state index contributed by atoms with van der Waals surface area (Å²) in [6.45, 7) is 1.95. The molecular weight excluding hydrogens is 316 g/mol. The third-order valence-corrected chi connectivity index (χ3v) is 4.42. The predicted molar refractivity (Wildman–Crippen MR) is 91.0 cm³/mol. The van der Waals surface area contributed by atoms with Crippen molar-refractivity contribution in [3.8, 4) is 0 Å². The van der Waals surface area contributed by atoms with Crippen LogP contribution in [0.4, 0.5) is 16.0 Å². The van der Waals surface area contributed by atoms with E-state index in [2.05, 4.69) is 20.6 Å². The van der Waals surface area contributed by atoms with E-state index >= 15 is 0 Å². The van der Waals surface area contributed by atoms with E-state index in [4.69, 9.17) is 0 Å². The summed E-state index contributed by atoms with van der Waals surface area (Å²) in [6.07, 6.45) is 1.98. The lowest BCUT2D eigenvalue weighted by Gasteiger charge is -2.01. The number of aryl methyl sites for hydroxylation is 1. The van der Waals surface area contributed by atoms with Crippen molar-refractivity contribution in [1.29, 1.82) is 0 Å². The molecule has 1 amide bonds. The molecule has 7 heteroatoms. The van der Waals surface area contributed by atoms with Crippen LogP contribution in [0, 0.1) is 6.92 Å². The zero-order chi connectivity index (χ0) is 15.4. The van der Waals surface area contributed by atoms with E-state index in [-0.39, 0.29) is 12.3 Å². The van der Waals surface area contributed by atoms with Gasteiger partial charge in [0.05, 0.1) is 12.1 Å². The maximum absolute atomic E-state index is 12.0. The molecule has 3 rings (SSSR count). The summed E-state index contributed by atoms with van der Waals surface area (Å²) in [5.74, 6) is -0.106. The van der Waals surface area contributed by atoms with Crippen LogP contribution >= 0.6 is 22.7 Å². The molecule has 112 valence electrons. The van der Waals surface area contributed by atoms with Crippen LogP contribution < -0.4 is 10.6 Å². The lowest BCUT2D eigenvalue weighted by Crippen LogP contribution is -2.14. The lowest BCUT2D eigenvalue weighted by molar-refractivity contribution is -0.115. The molecule has 2 heterocycles. The average Bonchev–Trinajstić information content (AvgIpc) is 3.09. The summed E-state index contributed by atoms with van der Waals surface area (Å²) in [5, 5.41) is 9.29. The van der Waals surface area contributed by atoms with Crippen molar-refractivity contribution in [3.63, 3.8) is 0 Å². The lowest BCUT2D eigenvalue weighted by atomic mass is 10.3. The molecule has 0 spiro atoms. The molecule has 0 unspecified atom stereocenters. The molecule has 1 aromatic carbocycles. The molecule has 0 saturated heterocycles. The van der Waals surface area contributed by atoms with Crippen molar-refractivity contribution < 1.29 is 4.79 Å². The van der Waals surface area contributed by atoms with Gasteiger partial charge in [-0.2, -0.15) is 0 Å². The molecule has 0 bridgehead atoms. The van der Waals surface area contributed by atoms with Gasteiger partial charge in [0, 0.05) is 22.1 Å². The van der Waals surface area contributed by atoms with E-state index in [0.717, 1.165) is 21.4 Å². The van der Waals surface area contributed by atoms with Gasteiger partial charge in [-0.05, 0) is 19.1 Å². The summed E-state index contributed by atoms with van der Waals surface area (Å²) in [7, 11) is 0. The van der Waals surface area contributed by atoms with Crippen molar-refractivity contribution in [3.05, 3.63) is 52.5 Å². The summed E-state index contributed by atoms with van der Waals surface area (Å²) in [4.78, 5) is 21.6. The third kappa shape index (κ3) is 3.90. The first kappa shape index (κ1) is 14.7. The first-order valence-corrected chi connectivity index (χ1v) is 8.37. The number of rotatable bonds is 5. The van der Waals surface area contributed by atoms with Gasteiger partial charge in [0.25, 0.3) is 0 Å². The van der Waals surface area contributed by atoms with E-state index in [9.17, 15) is 4.79 Å². The topological polar surface area (TPSA) is 66.9 Å². The number of aromatic nitrogens is 2. The number of nitrogens with one attached hydrogen (secondary N) is 2. The highest BCUT2D eigenvalue weighted by atomic mass is 32.1. The van der Waals surface area contributed by atoms with Crippen LogP contribution in [-0.4, -0.2) is 15.9 Å². The minimum Gasteiger partial charge on any atom is -0.332 e. The van der Waals surface area contributed by atoms with Gasteiger partial charge >= 0.3 is 0 Å². The van der Waals surface area contributed by atoms with Gasteiger partial charge in [0.15, 0.2) is 10.3 Å². The van der Waals surface area contributed by atoms with Gasteiger partial charge in [0.1, 0.15) is 0 Å².